The SMILES string of the molecule is CC(C)[C@@H]1CC[C@@H](C)CC12CC2C(N)=O. The number of rotatable bonds is 2. The number of primary amides is 1. The second kappa shape index (κ2) is 3.50. The lowest BCUT2D eigenvalue weighted by atomic mass is 9.66. The molecule has 2 heteroatoms. The average Bonchev–Trinajstić information content (AvgIpc) is 2.79. The molecule has 2 nitrogen and oxygen atoms in total. The molecule has 4 atom stereocenters. The van der Waals surface area contributed by atoms with E-state index in [9.17, 15) is 4.79 Å². The Labute approximate surface area is 92.6 Å². The summed E-state index contributed by atoms with van der Waals surface area (Å²) in [6.07, 6.45) is 4.91. The van der Waals surface area contributed by atoms with E-state index >= 15 is 0 Å². The van der Waals surface area contributed by atoms with Crippen molar-refractivity contribution in [2.75, 3.05) is 0 Å². The maximum Gasteiger partial charge on any atom is 0.221 e. The first-order chi connectivity index (χ1) is 6.97. The summed E-state index contributed by atoms with van der Waals surface area (Å²) in [7, 11) is 0. The number of carbonyl (C=O) groups is 1. The van der Waals surface area contributed by atoms with E-state index < -0.39 is 0 Å². The first-order valence-corrected chi connectivity index (χ1v) is 6.26. The Balaban J connectivity index is 2.16. The number of hydrogen-bond donors (Lipinski definition) is 1. The minimum absolute atomic E-state index is 0.0604. The molecule has 2 N–H and O–H groups in total. The molecule has 86 valence electrons. The summed E-state index contributed by atoms with van der Waals surface area (Å²) < 4.78 is 0. The standard InChI is InChI=1S/C13H23NO/c1-8(2)10-5-4-9(3)6-13(10)7-11(13)12(14)15/h8-11H,4-7H2,1-3H3,(H2,14,15)/t9-,10+,11?,13?/m1/s1. The van der Waals surface area contributed by atoms with E-state index in [1.165, 1.54) is 19.3 Å². The van der Waals surface area contributed by atoms with Crippen molar-refractivity contribution >= 4 is 5.91 Å². The Morgan fingerprint density at radius 2 is 2.00 bits per heavy atom. The lowest BCUT2D eigenvalue weighted by molar-refractivity contribution is -0.120. The van der Waals surface area contributed by atoms with E-state index in [1.54, 1.807) is 0 Å². The van der Waals surface area contributed by atoms with Crippen LogP contribution in [0.15, 0.2) is 0 Å². The van der Waals surface area contributed by atoms with Gasteiger partial charge in [-0.1, -0.05) is 27.2 Å². The summed E-state index contributed by atoms with van der Waals surface area (Å²) in [5.74, 6) is 2.33. The highest BCUT2D eigenvalue weighted by Gasteiger charge is 2.62. The molecule has 1 spiro atoms. The van der Waals surface area contributed by atoms with Gasteiger partial charge in [0.25, 0.3) is 0 Å². The Bertz CT molecular complexity index is 274. The fourth-order valence-electron chi connectivity index (χ4n) is 3.99. The zero-order valence-electron chi connectivity index (χ0n) is 10.1. The van der Waals surface area contributed by atoms with Gasteiger partial charge in [-0.3, -0.25) is 4.79 Å². The van der Waals surface area contributed by atoms with E-state index in [-0.39, 0.29) is 11.8 Å². The van der Waals surface area contributed by atoms with Crippen molar-refractivity contribution in [2.45, 2.75) is 46.5 Å². The van der Waals surface area contributed by atoms with Crippen LogP contribution < -0.4 is 5.73 Å². The molecule has 2 rings (SSSR count). The molecule has 0 heterocycles. The molecule has 0 aromatic rings. The molecule has 0 radical (unpaired) electrons. The van der Waals surface area contributed by atoms with Gasteiger partial charge in [-0.2, -0.15) is 0 Å². The first-order valence-electron chi connectivity index (χ1n) is 6.26. The van der Waals surface area contributed by atoms with Crippen molar-refractivity contribution < 1.29 is 4.79 Å². The van der Waals surface area contributed by atoms with Crippen LogP contribution in [-0.4, -0.2) is 5.91 Å². The van der Waals surface area contributed by atoms with Crippen molar-refractivity contribution in [1.82, 2.24) is 0 Å². The molecule has 15 heavy (non-hydrogen) atoms. The molecular formula is C13H23NO. The van der Waals surface area contributed by atoms with E-state index in [2.05, 4.69) is 20.8 Å². The summed E-state index contributed by atoms with van der Waals surface area (Å²) in [6.45, 7) is 6.90. The maximum absolute atomic E-state index is 11.3. The highest BCUT2D eigenvalue weighted by molar-refractivity contribution is 5.80. The van der Waals surface area contributed by atoms with Crippen molar-refractivity contribution in [2.24, 2.45) is 34.8 Å². The lowest BCUT2D eigenvalue weighted by Crippen LogP contribution is -2.33. The van der Waals surface area contributed by atoms with Gasteiger partial charge in [0.2, 0.25) is 5.91 Å². The van der Waals surface area contributed by atoms with Crippen molar-refractivity contribution in [3.05, 3.63) is 0 Å². The van der Waals surface area contributed by atoms with Crippen molar-refractivity contribution in [3.8, 4) is 0 Å². The third kappa shape index (κ3) is 1.68. The van der Waals surface area contributed by atoms with Crippen molar-refractivity contribution in [1.29, 1.82) is 0 Å². The maximum atomic E-state index is 11.3. The fourth-order valence-corrected chi connectivity index (χ4v) is 3.99. The average molecular weight is 209 g/mol. The third-order valence-corrected chi connectivity index (χ3v) is 4.70. The molecule has 2 aliphatic rings. The molecule has 1 amide bonds. The van der Waals surface area contributed by atoms with Crippen LogP contribution in [0.4, 0.5) is 0 Å². The minimum Gasteiger partial charge on any atom is -0.369 e. The Morgan fingerprint density at radius 1 is 1.33 bits per heavy atom. The highest BCUT2D eigenvalue weighted by atomic mass is 16.1. The second-order valence-corrected chi connectivity index (χ2v) is 6.13. The fraction of sp³-hybridized carbons (Fsp3) is 0.923. The first kappa shape index (κ1) is 11.0. The van der Waals surface area contributed by atoms with E-state index in [0.29, 0.717) is 11.3 Å². The topological polar surface area (TPSA) is 43.1 Å². The van der Waals surface area contributed by atoms with E-state index in [0.717, 1.165) is 18.3 Å². The summed E-state index contributed by atoms with van der Waals surface area (Å²) in [4.78, 5) is 11.3. The van der Waals surface area contributed by atoms with Crippen LogP contribution in [0.1, 0.15) is 46.5 Å². The Morgan fingerprint density at radius 3 is 2.47 bits per heavy atom. The normalized spacial score (nSPS) is 44.7. The number of amides is 1. The number of carbonyl (C=O) groups excluding carboxylic acids is 1. The van der Waals surface area contributed by atoms with Crippen LogP contribution in [0.2, 0.25) is 0 Å². The summed E-state index contributed by atoms with van der Waals surface area (Å²) in [5, 5.41) is 0. The predicted octanol–water partition coefficient (Wildman–Crippen LogP) is 2.57. The second-order valence-electron chi connectivity index (χ2n) is 6.13. The van der Waals surface area contributed by atoms with Crippen LogP contribution in [-0.2, 0) is 4.79 Å². The smallest absolute Gasteiger partial charge is 0.221 e. The molecule has 2 fully saturated rings. The molecule has 0 bridgehead atoms. The largest absolute Gasteiger partial charge is 0.369 e. The molecule has 2 unspecified atom stereocenters. The van der Waals surface area contributed by atoms with Gasteiger partial charge in [0.1, 0.15) is 0 Å². The summed E-state index contributed by atoms with van der Waals surface area (Å²) >= 11 is 0. The molecule has 0 aromatic heterocycles. The highest BCUT2D eigenvalue weighted by Crippen LogP contribution is 2.66. The van der Waals surface area contributed by atoms with Crippen LogP contribution in [0.25, 0.3) is 0 Å². The molecule has 2 saturated carbocycles. The van der Waals surface area contributed by atoms with Crippen molar-refractivity contribution in [3.63, 3.8) is 0 Å². The van der Waals surface area contributed by atoms with Crippen LogP contribution in [0.5, 0.6) is 0 Å². The zero-order chi connectivity index (χ0) is 11.2. The molecule has 0 aliphatic heterocycles. The molecule has 2 aliphatic carbocycles. The van der Waals surface area contributed by atoms with Crippen LogP contribution in [0.3, 0.4) is 0 Å². The predicted molar refractivity (Wildman–Crippen MR) is 61.1 cm³/mol. The van der Waals surface area contributed by atoms with Crippen LogP contribution >= 0.6 is 0 Å². The molecule has 0 aromatic carbocycles. The van der Waals surface area contributed by atoms with Gasteiger partial charge in [0, 0.05) is 5.92 Å². The monoisotopic (exact) mass is 209 g/mol. The van der Waals surface area contributed by atoms with Gasteiger partial charge >= 0.3 is 0 Å². The lowest BCUT2D eigenvalue weighted by Gasteiger charge is -2.38. The summed E-state index contributed by atoms with van der Waals surface area (Å²) in [5.41, 5.74) is 5.78. The van der Waals surface area contributed by atoms with Gasteiger partial charge in [0.15, 0.2) is 0 Å². The molecule has 0 saturated heterocycles. The number of nitrogens with two attached hydrogens (primary N) is 1. The quantitative estimate of drug-likeness (QED) is 0.746. The van der Waals surface area contributed by atoms with Gasteiger partial charge in [-0.25, -0.2) is 0 Å². The Hall–Kier alpha value is -0.530. The van der Waals surface area contributed by atoms with Gasteiger partial charge in [-0.05, 0) is 42.4 Å². The number of hydrogen-bond acceptors (Lipinski definition) is 1. The molecular weight excluding hydrogens is 186 g/mol. The minimum atomic E-state index is -0.0604. The van der Waals surface area contributed by atoms with Gasteiger partial charge < -0.3 is 5.73 Å². The zero-order valence-corrected chi connectivity index (χ0v) is 10.1. The van der Waals surface area contributed by atoms with Gasteiger partial charge in [0.05, 0.1) is 0 Å². The van der Waals surface area contributed by atoms with E-state index in [1.807, 2.05) is 0 Å². The summed E-state index contributed by atoms with van der Waals surface area (Å²) in [6, 6.07) is 0. The van der Waals surface area contributed by atoms with Crippen LogP contribution in [0, 0.1) is 29.1 Å². The van der Waals surface area contributed by atoms with E-state index in [4.69, 9.17) is 5.73 Å². The van der Waals surface area contributed by atoms with Gasteiger partial charge in [-0.15, -0.1) is 0 Å². The Kier molecular flexibility index (Phi) is 2.56. The third-order valence-electron chi connectivity index (χ3n) is 4.70.